The van der Waals surface area contributed by atoms with E-state index in [1.165, 1.54) is 16.5 Å². The number of aryl methyl sites for hydroxylation is 1. The molecule has 2 saturated heterocycles. The molecule has 0 bridgehead atoms. The first kappa shape index (κ1) is 27.3. The molecule has 0 unspecified atom stereocenters. The number of H-pyrrole nitrogens is 1. The number of aliphatic carboxylic acids is 1. The van der Waals surface area contributed by atoms with Crippen LogP contribution in [-0.2, 0) is 11.3 Å². The van der Waals surface area contributed by atoms with Crippen LogP contribution in [-0.4, -0.2) is 58.5 Å². The first-order valence-corrected chi connectivity index (χ1v) is 14.7. The van der Waals surface area contributed by atoms with Crippen molar-refractivity contribution in [2.75, 3.05) is 26.7 Å². The number of carbonyl (C=O) groups excluding carboxylic acids is 1. The summed E-state index contributed by atoms with van der Waals surface area (Å²) in [5.41, 5.74) is 5.41. The van der Waals surface area contributed by atoms with E-state index in [-0.39, 0.29) is 29.8 Å². The molecule has 8 heteroatoms. The van der Waals surface area contributed by atoms with Gasteiger partial charge in [0.15, 0.2) is 0 Å². The number of hydrogen-bond donors (Lipinski definition) is 2. The Kier molecular flexibility index (Phi) is 7.25. The third kappa shape index (κ3) is 5.08. The number of nitrogens with one attached hydrogen (secondary N) is 1. The first-order chi connectivity index (χ1) is 19.8. The minimum Gasteiger partial charge on any atom is -0.496 e. The van der Waals surface area contributed by atoms with Gasteiger partial charge in [-0.2, -0.15) is 5.26 Å². The molecule has 2 atom stereocenters. The van der Waals surface area contributed by atoms with Crippen LogP contribution in [0.5, 0.6) is 5.75 Å². The molecule has 1 aliphatic carbocycles. The number of benzene rings is 2. The SMILES string of the molecule is COc1cc(C)c2[nH]ccc2c1CN1CCC2(CC(C#N)C2)C[C@H]1c1ccc(C(=O)N2CCC[C@H](C(=O)O)C2)cc1. The normalized spacial score (nSPS) is 26.5. The maximum atomic E-state index is 13.3. The van der Waals surface area contributed by atoms with E-state index >= 15 is 0 Å². The third-order valence-electron chi connectivity index (χ3n) is 9.83. The van der Waals surface area contributed by atoms with Crippen molar-refractivity contribution in [3.05, 3.63) is 64.8 Å². The molecule has 1 spiro atoms. The van der Waals surface area contributed by atoms with Gasteiger partial charge in [0, 0.05) is 59.8 Å². The number of methoxy groups -OCH3 is 1. The summed E-state index contributed by atoms with van der Waals surface area (Å²) in [7, 11) is 1.73. The molecular formula is C33H38N4O4. The predicted molar refractivity (Wildman–Crippen MR) is 155 cm³/mol. The Morgan fingerprint density at radius 2 is 1.95 bits per heavy atom. The van der Waals surface area contributed by atoms with E-state index in [0.717, 1.165) is 55.6 Å². The van der Waals surface area contributed by atoms with Crippen molar-refractivity contribution in [1.82, 2.24) is 14.8 Å². The van der Waals surface area contributed by atoms with Crippen molar-refractivity contribution >= 4 is 22.8 Å². The molecule has 3 aliphatic rings. The monoisotopic (exact) mass is 554 g/mol. The molecule has 6 rings (SSSR count). The summed E-state index contributed by atoms with van der Waals surface area (Å²) >= 11 is 0. The fourth-order valence-corrected chi connectivity index (χ4v) is 7.52. The number of nitrogens with zero attached hydrogens (tertiary/aromatic N) is 3. The van der Waals surface area contributed by atoms with Crippen molar-refractivity contribution in [2.24, 2.45) is 17.3 Å². The zero-order chi connectivity index (χ0) is 28.7. The lowest BCUT2D eigenvalue weighted by atomic mass is 9.56. The smallest absolute Gasteiger partial charge is 0.308 e. The molecule has 2 aromatic carbocycles. The maximum Gasteiger partial charge on any atom is 0.308 e. The number of carbonyl (C=O) groups is 2. The van der Waals surface area contributed by atoms with Crippen molar-refractivity contribution < 1.29 is 19.4 Å². The van der Waals surface area contributed by atoms with Gasteiger partial charge in [-0.3, -0.25) is 14.5 Å². The number of hydrogen-bond acceptors (Lipinski definition) is 5. The summed E-state index contributed by atoms with van der Waals surface area (Å²) in [5, 5.41) is 20.1. The molecule has 1 saturated carbocycles. The van der Waals surface area contributed by atoms with E-state index in [9.17, 15) is 20.0 Å². The Balaban J connectivity index is 1.27. The predicted octanol–water partition coefficient (Wildman–Crippen LogP) is 5.68. The Labute approximate surface area is 240 Å². The molecule has 3 heterocycles. The Bertz CT molecular complexity index is 1500. The van der Waals surface area contributed by atoms with Crippen LogP contribution in [0.3, 0.4) is 0 Å². The van der Waals surface area contributed by atoms with Gasteiger partial charge in [0.25, 0.3) is 5.91 Å². The standard InChI is InChI=1S/C33H38N4O4/c1-21-14-29(41-2)27(26-9-11-35-30(21)26)20-36-13-10-33(15-22(16-33)18-34)17-28(36)23-5-7-24(8-6-23)31(38)37-12-3-4-25(19-37)32(39)40/h5-9,11,14,22,25,28,35H,3-4,10,12-13,15-17,19-20H2,1-2H3,(H,39,40)/t22?,25-,28-,33?/m0/s1. The number of rotatable bonds is 6. The minimum absolute atomic E-state index is 0.102. The zero-order valence-electron chi connectivity index (χ0n) is 23.9. The summed E-state index contributed by atoms with van der Waals surface area (Å²) in [5.74, 6) is -0.388. The Hall–Kier alpha value is -3.83. The second-order valence-electron chi connectivity index (χ2n) is 12.4. The molecule has 8 nitrogen and oxygen atoms in total. The fourth-order valence-electron chi connectivity index (χ4n) is 7.52. The van der Waals surface area contributed by atoms with E-state index < -0.39 is 11.9 Å². The molecule has 1 aromatic heterocycles. The van der Waals surface area contributed by atoms with Crippen LogP contribution in [0.2, 0.25) is 0 Å². The van der Waals surface area contributed by atoms with Crippen molar-refractivity contribution in [3.8, 4) is 11.8 Å². The fraction of sp³-hybridized carbons (Fsp3) is 0.485. The highest BCUT2D eigenvalue weighted by molar-refractivity contribution is 5.94. The van der Waals surface area contributed by atoms with Gasteiger partial charge in [-0.25, -0.2) is 0 Å². The van der Waals surface area contributed by atoms with Crippen LogP contribution in [0, 0.1) is 35.5 Å². The first-order valence-electron chi connectivity index (χ1n) is 14.7. The largest absolute Gasteiger partial charge is 0.496 e. The molecule has 2 N–H and O–H groups in total. The number of piperidine rings is 2. The number of aromatic amines is 1. The number of nitriles is 1. The number of carboxylic acids is 1. The molecule has 2 aliphatic heterocycles. The molecular weight excluding hydrogens is 516 g/mol. The lowest BCUT2D eigenvalue weighted by molar-refractivity contribution is -0.143. The maximum absolute atomic E-state index is 13.3. The lowest BCUT2D eigenvalue weighted by Gasteiger charge is -2.53. The number of fused-ring (bicyclic) bond motifs is 1. The van der Waals surface area contributed by atoms with Gasteiger partial charge >= 0.3 is 5.97 Å². The number of ether oxygens (including phenoxy) is 1. The molecule has 3 fully saturated rings. The van der Waals surface area contributed by atoms with E-state index in [1.54, 1.807) is 12.0 Å². The summed E-state index contributed by atoms with van der Waals surface area (Å²) in [6, 6.07) is 14.8. The van der Waals surface area contributed by atoms with Crippen LogP contribution in [0.1, 0.15) is 71.6 Å². The lowest BCUT2D eigenvalue weighted by Crippen LogP contribution is -2.48. The zero-order valence-corrected chi connectivity index (χ0v) is 23.9. The average Bonchev–Trinajstić information content (AvgIpc) is 3.48. The number of carboxylic acid groups (broad SMARTS) is 1. The van der Waals surface area contributed by atoms with Gasteiger partial charge in [0.2, 0.25) is 0 Å². The van der Waals surface area contributed by atoms with Gasteiger partial charge in [0.05, 0.1) is 19.1 Å². The highest BCUT2D eigenvalue weighted by Crippen LogP contribution is 2.57. The average molecular weight is 555 g/mol. The Morgan fingerprint density at radius 3 is 2.66 bits per heavy atom. The topological polar surface area (TPSA) is 110 Å². The van der Waals surface area contributed by atoms with E-state index in [1.807, 2.05) is 18.3 Å². The van der Waals surface area contributed by atoms with Crippen LogP contribution in [0.4, 0.5) is 0 Å². The summed E-state index contributed by atoms with van der Waals surface area (Å²) in [6.45, 7) is 4.62. The highest BCUT2D eigenvalue weighted by Gasteiger charge is 2.49. The third-order valence-corrected chi connectivity index (χ3v) is 9.83. The van der Waals surface area contributed by atoms with Crippen molar-refractivity contribution in [3.63, 3.8) is 0 Å². The van der Waals surface area contributed by atoms with Gasteiger partial charge in [-0.05, 0) is 92.8 Å². The van der Waals surface area contributed by atoms with E-state index in [0.29, 0.717) is 24.9 Å². The van der Waals surface area contributed by atoms with Crippen LogP contribution in [0.25, 0.3) is 10.9 Å². The quantitative estimate of drug-likeness (QED) is 0.406. The highest BCUT2D eigenvalue weighted by atomic mass is 16.5. The van der Waals surface area contributed by atoms with Crippen molar-refractivity contribution in [2.45, 2.75) is 58.0 Å². The van der Waals surface area contributed by atoms with Crippen LogP contribution >= 0.6 is 0 Å². The molecule has 0 radical (unpaired) electrons. The summed E-state index contributed by atoms with van der Waals surface area (Å²) in [4.78, 5) is 32.4. The van der Waals surface area contributed by atoms with Crippen LogP contribution in [0.15, 0.2) is 42.6 Å². The van der Waals surface area contributed by atoms with Gasteiger partial charge < -0.3 is 19.7 Å². The van der Waals surface area contributed by atoms with Gasteiger partial charge in [-0.15, -0.1) is 0 Å². The second-order valence-corrected chi connectivity index (χ2v) is 12.4. The van der Waals surface area contributed by atoms with Crippen molar-refractivity contribution in [1.29, 1.82) is 5.26 Å². The number of aromatic nitrogens is 1. The summed E-state index contributed by atoms with van der Waals surface area (Å²) in [6.07, 6.45) is 7.28. The van der Waals surface area contributed by atoms with Gasteiger partial charge in [-0.1, -0.05) is 12.1 Å². The molecule has 214 valence electrons. The van der Waals surface area contributed by atoms with E-state index in [4.69, 9.17) is 4.74 Å². The molecule has 1 amide bonds. The molecule has 41 heavy (non-hydrogen) atoms. The van der Waals surface area contributed by atoms with Gasteiger partial charge in [0.1, 0.15) is 5.75 Å². The van der Waals surface area contributed by atoms with Crippen LogP contribution < -0.4 is 4.74 Å². The summed E-state index contributed by atoms with van der Waals surface area (Å²) < 4.78 is 5.85. The Morgan fingerprint density at radius 1 is 1.17 bits per heavy atom. The number of amides is 1. The number of likely N-dealkylation sites (tertiary alicyclic amines) is 2. The molecule has 3 aromatic rings. The minimum atomic E-state index is -0.832. The van der Waals surface area contributed by atoms with E-state index in [2.05, 4.69) is 47.1 Å². The second kappa shape index (κ2) is 10.9.